The number of hydrogen-bond donors (Lipinski definition) is 2. The molecular formula is C10H18N2O4. The number of amides is 1. The average Bonchev–Trinajstić information content (AvgIpc) is 2.27. The van der Waals surface area contributed by atoms with Gasteiger partial charge in [-0.15, -0.1) is 0 Å². The van der Waals surface area contributed by atoms with Crippen molar-refractivity contribution in [2.24, 2.45) is 0 Å². The maximum Gasteiger partial charge on any atom is 0.323 e. The van der Waals surface area contributed by atoms with E-state index < -0.39 is 11.5 Å². The summed E-state index contributed by atoms with van der Waals surface area (Å²) in [6.45, 7) is 5.35. The van der Waals surface area contributed by atoms with Crippen LogP contribution in [0.15, 0.2) is 0 Å². The topological polar surface area (TPSA) is 78.9 Å². The summed E-state index contributed by atoms with van der Waals surface area (Å²) in [4.78, 5) is 24.2. The van der Waals surface area contributed by atoms with Gasteiger partial charge in [-0.05, 0) is 13.8 Å². The van der Waals surface area contributed by atoms with E-state index in [9.17, 15) is 9.59 Å². The third kappa shape index (κ3) is 3.46. The van der Waals surface area contributed by atoms with Gasteiger partial charge in [0.2, 0.25) is 5.91 Å². The molecule has 6 nitrogen and oxygen atoms in total. The molecule has 0 aromatic heterocycles. The zero-order chi connectivity index (χ0) is 12.2. The molecule has 92 valence electrons. The van der Waals surface area contributed by atoms with Crippen LogP contribution < -0.4 is 5.32 Å². The summed E-state index contributed by atoms with van der Waals surface area (Å²) in [5.41, 5.74) is -1.08. The maximum absolute atomic E-state index is 11.7. The van der Waals surface area contributed by atoms with E-state index in [1.807, 2.05) is 0 Å². The summed E-state index contributed by atoms with van der Waals surface area (Å²) in [6, 6.07) is 0. The van der Waals surface area contributed by atoms with Crippen molar-refractivity contribution in [2.45, 2.75) is 19.4 Å². The lowest BCUT2D eigenvalue weighted by molar-refractivity contribution is -0.144. The molecule has 0 aromatic rings. The monoisotopic (exact) mass is 230 g/mol. The second kappa shape index (κ2) is 5.27. The van der Waals surface area contributed by atoms with Gasteiger partial charge in [-0.1, -0.05) is 0 Å². The first-order valence-corrected chi connectivity index (χ1v) is 5.27. The van der Waals surface area contributed by atoms with Crippen LogP contribution in [-0.2, 0) is 14.3 Å². The number of carboxylic acid groups (broad SMARTS) is 1. The Morgan fingerprint density at radius 1 is 1.38 bits per heavy atom. The van der Waals surface area contributed by atoms with Crippen LogP contribution in [0.1, 0.15) is 13.8 Å². The molecule has 0 unspecified atom stereocenters. The molecule has 0 aromatic carbocycles. The molecule has 6 heteroatoms. The summed E-state index contributed by atoms with van der Waals surface area (Å²) in [6.07, 6.45) is 0. The Labute approximate surface area is 94.6 Å². The smallest absolute Gasteiger partial charge is 0.323 e. The summed E-state index contributed by atoms with van der Waals surface area (Å²) in [5.74, 6) is -1.06. The molecule has 0 saturated carbocycles. The van der Waals surface area contributed by atoms with E-state index in [4.69, 9.17) is 9.84 Å². The number of nitrogens with one attached hydrogen (secondary N) is 1. The summed E-state index contributed by atoms with van der Waals surface area (Å²) >= 11 is 0. The zero-order valence-electron chi connectivity index (χ0n) is 9.65. The van der Waals surface area contributed by atoms with Gasteiger partial charge in [-0.3, -0.25) is 14.9 Å². The molecule has 16 heavy (non-hydrogen) atoms. The van der Waals surface area contributed by atoms with Gasteiger partial charge in [0, 0.05) is 13.1 Å². The fraction of sp³-hybridized carbons (Fsp3) is 0.800. The van der Waals surface area contributed by atoms with E-state index in [1.165, 1.54) is 13.8 Å². The van der Waals surface area contributed by atoms with Gasteiger partial charge in [0.15, 0.2) is 0 Å². The Hall–Kier alpha value is -1.14. The Kier molecular flexibility index (Phi) is 4.26. The lowest BCUT2D eigenvalue weighted by Crippen LogP contribution is -2.52. The van der Waals surface area contributed by atoms with Crippen molar-refractivity contribution in [1.29, 1.82) is 0 Å². The van der Waals surface area contributed by atoms with Crippen molar-refractivity contribution in [3.05, 3.63) is 0 Å². The lowest BCUT2D eigenvalue weighted by atomic mass is 10.1. The van der Waals surface area contributed by atoms with E-state index in [2.05, 4.69) is 5.32 Å². The molecule has 1 rings (SSSR count). The van der Waals surface area contributed by atoms with E-state index in [0.29, 0.717) is 26.3 Å². The highest BCUT2D eigenvalue weighted by Crippen LogP contribution is 2.02. The van der Waals surface area contributed by atoms with Crippen molar-refractivity contribution in [1.82, 2.24) is 10.2 Å². The molecule has 0 atom stereocenters. The number of carboxylic acids is 1. The van der Waals surface area contributed by atoms with Gasteiger partial charge in [0.1, 0.15) is 5.54 Å². The van der Waals surface area contributed by atoms with Gasteiger partial charge in [-0.25, -0.2) is 0 Å². The van der Waals surface area contributed by atoms with Gasteiger partial charge in [0.25, 0.3) is 0 Å². The third-order valence-corrected chi connectivity index (χ3v) is 2.58. The van der Waals surface area contributed by atoms with Gasteiger partial charge < -0.3 is 14.7 Å². The van der Waals surface area contributed by atoms with Crippen LogP contribution in [0.25, 0.3) is 0 Å². The van der Waals surface area contributed by atoms with E-state index in [1.54, 1.807) is 4.90 Å². The Morgan fingerprint density at radius 3 is 2.44 bits per heavy atom. The largest absolute Gasteiger partial charge is 0.480 e. The van der Waals surface area contributed by atoms with Crippen LogP contribution in [0, 0.1) is 0 Å². The molecular weight excluding hydrogens is 212 g/mol. The molecule has 0 bridgehead atoms. The fourth-order valence-electron chi connectivity index (χ4n) is 1.30. The quantitative estimate of drug-likeness (QED) is 0.667. The minimum atomic E-state index is -1.08. The van der Waals surface area contributed by atoms with Crippen molar-refractivity contribution in [2.75, 3.05) is 32.8 Å². The van der Waals surface area contributed by atoms with Gasteiger partial charge >= 0.3 is 5.97 Å². The Morgan fingerprint density at radius 2 is 1.94 bits per heavy atom. The van der Waals surface area contributed by atoms with Gasteiger partial charge in [0.05, 0.1) is 19.8 Å². The molecule has 1 aliphatic heterocycles. The number of aliphatic carboxylic acids is 1. The molecule has 1 aliphatic rings. The van der Waals surface area contributed by atoms with Crippen molar-refractivity contribution >= 4 is 11.9 Å². The normalized spacial score (nSPS) is 17.2. The lowest BCUT2D eigenvalue weighted by Gasteiger charge is -2.28. The number of ether oxygens (including phenoxy) is 1. The van der Waals surface area contributed by atoms with Crippen LogP contribution in [0.5, 0.6) is 0 Å². The number of hydrogen-bond acceptors (Lipinski definition) is 4. The van der Waals surface area contributed by atoms with Crippen molar-refractivity contribution in [3.8, 4) is 0 Å². The highest BCUT2D eigenvalue weighted by Gasteiger charge is 2.28. The number of carbonyl (C=O) groups excluding carboxylic acids is 1. The van der Waals surface area contributed by atoms with E-state index >= 15 is 0 Å². The number of carbonyl (C=O) groups is 2. The van der Waals surface area contributed by atoms with Crippen LogP contribution in [-0.4, -0.2) is 60.3 Å². The zero-order valence-corrected chi connectivity index (χ0v) is 9.65. The Balaban J connectivity index is 2.37. The second-order valence-electron chi connectivity index (χ2n) is 4.28. The predicted molar refractivity (Wildman–Crippen MR) is 57.1 cm³/mol. The van der Waals surface area contributed by atoms with E-state index in [-0.39, 0.29) is 12.5 Å². The maximum atomic E-state index is 11.7. The number of nitrogens with zero attached hydrogens (tertiary/aromatic N) is 1. The third-order valence-electron chi connectivity index (χ3n) is 2.58. The average molecular weight is 230 g/mol. The van der Waals surface area contributed by atoms with E-state index in [0.717, 1.165) is 0 Å². The number of morpholine rings is 1. The van der Waals surface area contributed by atoms with Crippen LogP contribution in [0.4, 0.5) is 0 Å². The highest BCUT2D eigenvalue weighted by atomic mass is 16.5. The second-order valence-corrected chi connectivity index (χ2v) is 4.28. The van der Waals surface area contributed by atoms with Crippen LogP contribution >= 0.6 is 0 Å². The van der Waals surface area contributed by atoms with Crippen LogP contribution in [0.3, 0.4) is 0 Å². The molecule has 0 aliphatic carbocycles. The van der Waals surface area contributed by atoms with Crippen LogP contribution in [0.2, 0.25) is 0 Å². The number of rotatable bonds is 4. The highest BCUT2D eigenvalue weighted by molar-refractivity contribution is 5.81. The molecule has 1 heterocycles. The molecule has 2 N–H and O–H groups in total. The first-order valence-electron chi connectivity index (χ1n) is 5.27. The minimum absolute atomic E-state index is 0.0410. The molecule has 1 fully saturated rings. The summed E-state index contributed by atoms with van der Waals surface area (Å²) in [7, 11) is 0. The molecule has 0 radical (unpaired) electrons. The van der Waals surface area contributed by atoms with Crippen molar-refractivity contribution in [3.63, 3.8) is 0 Å². The minimum Gasteiger partial charge on any atom is -0.480 e. The SMILES string of the molecule is CC(C)(NCC(=O)N1CCOCC1)C(=O)O. The van der Waals surface area contributed by atoms with Crippen molar-refractivity contribution < 1.29 is 19.4 Å². The predicted octanol–water partition coefficient (Wildman–Crippen LogP) is -0.702. The molecule has 1 saturated heterocycles. The first-order chi connectivity index (χ1) is 7.43. The summed E-state index contributed by atoms with van der Waals surface area (Å²) in [5, 5.41) is 11.6. The fourth-order valence-corrected chi connectivity index (χ4v) is 1.30. The standard InChI is InChI=1S/C10H18N2O4/c1-10(2,9(14)15)11-7-8(13)12-3-5-16-6-4-12/h11H,3-7H2,1-2H3,(H,14,15). The first kappa shape index (κ1) is 12.9. The molecule has 0 spiro atoms. The Bertz CT molecular complexity index is 272. The van der Waals surface area contributed by atoms with Gasteiger partial charge in [-0.2, -0.15) is 0 Å². The summed E-state index contributed by atoms with van der Waals surface area (Å²) < 4.78 is 5.13. The molecule has 1 amide bonds.